The van der Waals surface area contributed by atoms with Crippen LogP contribution in [0.1, 0.15) is 48.7 Å². The van der Waals surface area contributed by atoms with E-state index in [4.69, 9.17) is 4.74 Å². The Labute approximate surface area is 277 Å². The minimum Gasteiger partial charge on any atom is -0.392 e. The molecule has 7 heterocycles. The Morgan fingerprint density at radius 2 is 1.94 bits per heavy atom. The van der Waals surface area contributed by atoms with Gasteiger partial charge in [0.2, 0.25) is 0 Å². The molecule has 0 radical (unpaired) electrons. The number of pyridine rings is 3. The number of anilines is 2. The van der Waals surface area contributed by atoms with Crippen molar-refractivity contribution in [2.24, 2.45) is 0 Å². The van der Waals surface area contributed by atoms with Gasteiger partial charge in [-0.1, -0.05) is 0 Å². The first-order valence-electron chi connectivity index (χ1n) is 16.8. The van der Waals surface area contributed by atoms with Crippen molar-refractivity contribution in [1.82, 2.24) is 28.9 Å². The number of ether oxygens (including phenoxy) is 1. The van der Waals surface area contributed by atoms with E-state index in [1.165, 1.54) is 26.6 Å². The molecule has 0 spiro atoms. The summed E-state index contributed by atoms with van der Waals surface area (Å²) in [6, 6.07) is 10.9. The SMILES string of the molecule is Cc1c(-c2ccnc(-n3ccn4c5c(cc4c3=O)CCCC5)c2CO)ccc(=O)n1Nc1ccc(N2CCNC[C@]2(C)C2CCO2)cn1. The summed E-state index contributed by atoms with van der Waals surface area (Å²) in [4.78, 5) is 38.6. The molecule has 12 heteroatoms. The Kier molecular flexibility index (Phi) is 7.66. The van der Waals surface area contributed by atoms with E-state index in [0.29, 0.717) is 34.0 Å². The highest BCUT2D eigenvalue weighted by molar-refractivity contribution is 5.72. The van der Waals surface area contributed by atoms with Gasteiger partial charge < -0.3 is 24.5 Å². The Bertz CT molecular complexity index is 2130. The van der Waals surface area contributed by atoms with Gasteiger partial charge in [-0.3, -0.25) is 19.6 Å². The van der Waals surface area contributed by atoms with Gasteiger partial charge in [0.05, 0.1) is 30.1 Å². The lowest BCUT2D eigenvalue weighted by atomic mass is 9.85. The van der Waals surface area contributed by atoms with Crippen LogP contribution in [0.4, 0.5) is 11.5 Å². The minimum atomic E-state index is -0.348. The molecule has 3 N–H and O–H groups in total. The second-order valence-corrected chi connectivity index (χ2v) is 13.2. The summed E-state index contributed by atoms with van der Waals surface area (Å²) in [5.41, 5.74) is 9.12. The summed E-state index contributed by atoms with van der Waals surface area (Å²) < 4.78 is 10.9. The summed E-state index contributed by atoms with van der Waals surface area (Å²) in [5.74, 6) is 0.877. The van der Waals surface area contributed by atoms with E-state index in [1.807, 2.05) is 41.9 Å². The highest BCUT2D eigenvalue weighted by atomic mass is 16.5. The fraction of sp³-hybridized carbons (Fsp3) is 0.389. The molecule has 8 rings (SSSR count). The average molecular weight is 649 g/mol. The van der Waals surface area contributed by atoms with Crippen LogP contribution in [0.15, 0.2) is 70.8 Å². The average Bonchev–Trinajstić information content (AvgIpc) is 3.46. The maximum absolute atomic E-state index is 13.8. The molecule has 248 valence electrons. The second-order valence-electron chi connectivity index (χ2n) is 13.2. The highest BCUT2D eigenvalue weighted by Gasteiger charge is 2.45. The quantitative estimate of drug-likeness (QED) is 0.244. The number of rotatable bonds is 7. The van der Waals surface area contributed by atoms with Crippen molar-refractivity contribution in [2.75, 3.05) is 36.6 Å². The monoisotopic (exact) mass is 648 g/mol. The van der Waals surface area contributed by atoms with Gasteiger partial charge in [-0.05, 0) is 87.4 Å². The van der Waals surface area contributed by atoms with Gasteiger partial charge in [0, 0.05) is 73.4 Å². The molecule has 0 bridgehead atoms. The molecule has 1 aliphatic carbocycles. The first-order valence-corrected chi connectivity index (χ1v) is 16.8. The lowest BCUT2D eigenvalue weighted by molar-refractivity contribution is -0.0938. The van der Waals surface area contributed by atoms with Crippen molar-refractivity contribution in [3.8, 4) is 16.9 Å². The largest absolute Gasteiger partial charge is 0.392 e. The van der Waals surface area contributed by atoms with Crippen LogP contribution >= 0.6 is 0 Å². The molecule has 0 aromatic carbocycles. The van der Waals surface area contributed by atoms with Crippen molar-refractivity contribution in [2.45, 2.75) is 64.2 Å². The van der Waals surface area contributed by atoms with Crippen LogP contribution in [-0.2, 0) is 24.2 Å². The van der Waals surface area contributed by atoms with E-state index < -0.39 is 0 Å². The summed E-state index contributed by atoms with van der Waals surface area (Å²) in [6.45, 7) is 7.09. The van der Waals surface area contributed by atoms with Crippen molar-refractivity contribution in [1.29, 1.82) is 0 Å². The predicted octanol–water partition coefficient (Wildman–Crippen LogP) is 3.22. The first kappa shape index (κ1) is 30.5. The molecule has 2 fully saturated rings. The molecule has 48 heavy (non-hydrogen) atoms. The van der Waals surface area contributed by atoms with Crippen LogP contribution in [0.3, 0.4) is 0 Å². The molecular weight excluding hydrogens is 608 g/mol. The third kappa shape index (κ3) is 4.94. The lowest BCUT2D eigenvalue weighted by Crippen LogP contribution is -2.68. The summed E-state index contributed by atoms with van der Waals surface area (Å²) in [5, 5.41) is 14.2. The van der Waals surface area contributed by atoms with Gasteiger partial charge in [-0.2, -0.15) is 0 Å². The highest BCUT2D eigenvalue weighted by Crippen LogP contribution is 2.35. The number of hydrogen-bond acceptors (Lipinski definition) is 9. The normalized spacial score (nSPS) is 20.8. The molecule has 2 aliphatic heterocycles. The molecule has 2 saturated heterocycles. The number of aromatic nitrogens is 5. The van der Waals surface area contributed by atoms with Crippen LogP contribution in [-0.4, -0.2) is 66.6 Å². The number of piperazine rings is 1. The Morgan fingerprint density at radius 1 is 1.08 bits per heavy atom. The van der Waals surface area contributed by atoms with Gasteiger partial charge in [0.15, 0.2) is 0 Å². The number of hydrogen-bond donors (Lipinski definition) is 3. The Hall–Kier alpha value is -4.78. The second kappa shape index (κ2) is 12.0. The maximum atomic E-state index is 13.8. The predicted molar refractivity (Wildman–Crippen MR) is 184 cm³/mol. The van der Waals surface area contributed by atoms with Gasteiger partial charge >= 0.3 is 0 Å². The standard InChI is InChI=1S/C36H40N8O4/c1-23-26(27-11-13-38-34(28(27)21-45)42-17-16-41-29-6-4-3-5-24(29)19-30(41)35(42)47)8-10-33(46)44(23)40-32-9-7-25(20-39-32)43-15-14-37-22-36(43,2)31-12-18-48-31/h7-11,13,16-17,19-20,31,37,45H,3-6,12,14-15,18,21-22H2,1-2H3,(H,39,40)/t31?,36-/m1/s1. The topological polar surface area (TPSA) is 131 Å². The summed E-state index contributed by atoms with van der Waals surface area (Å²) in [6.07, 6.45) is 12.5. The number of aliphatic hydroxyl groups is 1. The van der Waals surface area contributed by atoms with E-state index >= 15 is 0 Å². The number of aryl methyl sites for hydroxylation is 2. The smallest absolute Gasteiger partial charge is 0.280 e. The molecule has 1 unspecified atom stereocenters. The van der Waals surface area contributed by atoms with Crippen LogP contribution < -0.4 is 26.8 Å². The summed E-state index contributed by atoms with van der Waals surface area (Å²) >= 11 is 0. The zero-order chi connectivity index (χ0) is 33.0. The molecule has 5 aromatic rings. The molecule has 2 atom stereocenters. The molecule has 5 aromatic heterocycles. The number of nitrogens with zero attached hydrogens (tertiary/aromatic N) is 6. The Balaban J connectivity index is 1.12. The number of nitrogens with one attached hydrogen (secondary N) is 2. The van der Waals surface area contributed by atoms with E-state index in [-0.39, 0.29) is 29.4 Å². The van der Waals surface area contributed by atoms with E-state index in [2.05, 4.69) is 32.5 Å². The van der Waals surface area contributed by atoms with Gasteiger partial charge in [0.25, 0.3) is 11.1 Å². The third-order valence-electron chi connectivity index (χ3n) is 10.5. The Morgan fingerprint density at radius 3 is 2.71 bits per heavy atom. The molecule has 3 aliphatic rings. The fourth-order valence-electron chi connectivity index (χ4n) is 7.75. The first-order chi connectivity index (χ1) is 23.4. The zero-order valence-electron chi connectivity index (χ0n) is 27.3. The molecule has 0 saturated carbocycles. The van der Waals surface area contributed by atoms with Gasteiger partial charge in [-0.15, -0.1) is 0 Å². The summed E-state index contributed by atoms with van der Waals surface area (Å²) in [7, 11) is 0. The maximum Gasteiger partial charge on any atom is 0.280 e. The van der Waals surface area contributed by atoms with Gasteiger partial charge in [0.1, 0.15) is 17.2 Å². The van der Waals surface area contributed by atoms with Crippen LogP contribution in [0.2, 0.25) is 0 Å². The number of aliphatic hydroxyl groups excluding tert-OH is 1. The fourth-order valence-corrected chi connectivity index (χ4v) is 7.75. The van der Waals surface area contributed by atoms with E-state index in [0.717, 1.165) is 69.6 Å². The molecule has 12 nitrogen and oxygen atoms in total. The van der Waals surface area contributed by atoms with Crippen LogP contribution in [0.5, 0.6) is 0 Å². The lowest BCUT2D eigenvalue weighted by Gasteiger charge is -2.53. The molecular formula is C36H40N8O4. The van der Waals surface area contributed by atoms with Crippen molar-refractivity contribution >= 4 is 17.0 Å². The van der Waals surface area contributed by atoms with Crippen molar-refractivity contribution in [3.05, 3.63) is 104 Å². The zero-order valence-corrected chi connectivity index (χ0v) is 27.3. The van der Waals surface area contributed by atoms with E-state index in [1.54, 1.807) is 24.5 Å². The van der Waals surface area contributed by atoms with Crippen molar-refractivity contribution < 1.29 is 9.84 Å². The minimum absolute atomic E-state index is 0.166. The van der Waals surface area contributed by atoms with Crippen LogP contribution in [0.25, 0.3) is 22.5 Å². The van der Waals surface area contributed by atoms with Gasteiger partial charge in [-0.25, -0.2) is 14.6 Å². The molecule has 0 amide bonds. The number of fused-ring (bicyclic) bond motifs is 3. The van der Waals surface area contributed by atoms with E-state index in [9.17, 15) is 14.7 Å². The van der Waals surface area contributed by atoms with Crippen LogP contribution in [0, 0.1) is 6.92 Å². The van der Waals surface area contributed by atoms with Crippen molar-refractivity contribution in [3.63, 3.8) is 0 Å². The third-order valence-corrected chi connectivity index (χ3v) is 10.5.